The van der Waals surface area contributed by atoms with Gasteiger partial charge in [-0.2, -0.15) is 5.26 Å². The summed E-state index contributed by atoms with van der Waals surface area (Å²) in [5, 5.41) is 9.75. The molecular weight excluding hydrogens is 298 g/mol. The van der Waals surface area contributed by atoms with E-state index in [0.717, 1.165) is 5.52 Å². The van der Waals surface area contributed by atoms with Gasteiger partial charge in [0.25, 0.3) is 0 Å². The minimum absolute atomic E-state index is 0.285. The number of carbonyl (C=O) groups excluding carboxylic acids is 2. The van der Waals surface area contributed by atoms with E-state index >= 15 is 0 Å². The van der Waals surface area contributed by atoms with E-state index in [0.29, 0.717) is 11.3 Å². The molecule has 0 fully saturated rings. The number of ether oxygens (including phenoxy) is 2. The number of fused-ring (bicyclic) bond motifs is 1. The van der Waals surface area contributed by atoms with Crippen molar-refractivity contribution >= 4 is 23.0 Å². The monoisotopic (exact) mass is 315 g/mol. The van der Waals surface area contributed by atoms with Gasteiger partial charge in [0.2, 0.25) is 0 Å². The number of nitrogens with zero attached hydrogens (tertiary/aromatic N) is 3. The van der Waals surface area contributed by atoms with Crippen LogP contribution in [0.3, 0.4) is 0 Å². The molecule has 0 saturated heterocycles. The van der Waals surface area contributed by atoms with Crippen molar-refractivity contribution in [3.8, 4) is 6.07 Å². The largest absolute Gasteiger partial charge is 0.469 e. The predicted molar refractivity (Wildman–Crippen MR) is 81.3 cm³/mol. The van der Waals surface area contributed by atoms with E-state index in [1.807, 2.05) is 18.2 Å². The van der Waals surface area contributed by atoms with E-state index in [2.05, 4.69) is 20.5 Å². The maximum absolute atomic E-state index is 11.8. The Balaban J connectivity index is 2.63. The first-order valence-corrected chi connectivity index (χ1v) is 6.94. The highest BCUT2D eigenvalue weighted by Gasteiger charge is 2.42. The molecule has 1 aromatic heterocycles. The average Bonchev–Trinajstić information content (AvgIpc) is 2.91. The van der Waals surface area contributed by atoms with Crippen LogP contribution in [0.2, 0.25) is 0 Å². The Kier molecular flexibility index (Phi) is 4.65. The van der Waals surface area contributed by atoms with Gasteiger partial charge in [-0.15, -0.1) is 0 Å². The topological polar surface area (TPSA) is 94.2 Å². The van der Waals surface area contributed by atoms with E-state index in [9.17, 15) is 14.9 Å². The second-order valence-electron chi connectivity index (χ2n) is 5.18. The van der Waals surface area contributed by atoms with E-state index in [1.165, 1.54) is 14.2 Å². The van der Waals surface area contributed by atoms with E-state index in [-0.39, 0.29) is 12.8 Å². The van der Waals surface area contributed by atoms with Crippen LogP contribution in [0, 0.1) is 11.3 Å². The van der Waals surface area contributed by atoms with Crippen LogP contribution in [0.1, 0.15) is 18.7 Å². The first kappa shape index (κ1) is 16.5. The van der Waals surface area contributed by atoms with Crippen LogP contribution in [0.25, 0.3) is 11.0 Å². The molecule has 23 heavy (non-hydrogen) atoms. The van der Waals surface area contributed by atoms with Gasteiger partial charge < -0.3 is 14.0 Å². The summed E-state index contributed by atoms with van der Waals surface area (Å²) in [7, 11) is 4.21. The van der Waals surface area contributed by atoms with Crippen LogP contribution < -0.4 is 0 Å². The number of benzene rings is 1. The Morgan fingerprint density at radius 1 is 1.22 bits per heavy atom. The van der Waals surface area contributed by atoms with Gasteiger partial charge in [0.05, 0.1) is 44.2 Å². The molecule has 0 aliphatic heterocycles. The highest BCUT2D eigenvalue weighted by atomic mass is 16.5. The Labute approximate surface area is 133 Å². The zero-order valence-corrected chi connectivity index (χ0v) is 13.2. The molecule has 120 valence electrons. The van der Waals surface area contributed by atoms with Crippen LogP contribution in [0.5, 0.6) is 0 Å². The number of aromatic nitrogens is 2. The van der Waals surface area contributed by atoms with Gasteiger partial charge in [0.1, 0.15) is 11.2 Å². The number of nitriles is 1. The minimum atomic E-state index is -1.45. The molecule has 0 N–H and O–H groups in total. The number of imidazole rings is 1. The first-order valence-electron chi connectivity index (χ1n) is 6.94. The zero-order chi connectivity index (χ0) is 17.0. The Morgan fingerprint density at radius 2 is 1.78 bits per heavy atom. The number of carbonyl (C=O) groups is 2. The summed E-state index contributed by atoms with van der Waals surface area (Å²) in [5.41, 5.74) is 0.0322. The highest BCUT2D eigenvalue weighted by Crippen LogP contribution is 2.33. The smallest absolute Gasteiger partial charge is 0.307 e. The number of para-hydroxylation sites is 2. The molecule has 0 aliphatic rings. The van der Waals surface area contributed by atoms with Gasteiger partial charge in [-0.25, -0.2) is 4.98 Å². The van der Waals surface area contributed by atoms with Crippen molar-refractivity contribution in [3.63, 3.8) is 0 Å². The lowest BCUT2D eigenvalue weighted by atomic mass is 9.81. The summed E-state index contributed by atoms with van der Waals surface area (Å²) in [6.07, 6.45) is -0.571. The number of hydrogen-bond acceptors (Lipinski definition) is 6. The normalized spacial score (nSPS) is 11.0. The van der Waals surface area contributed by atoms with E-state index < -0.39 is 17.4 Å². The average molecular weight is 315 g/mol. The summed E-state index contributed by atoms with van der Waals surface area (Å²) in [6, 6.07) is 9.41. The van der Waals surface area contributed by atoms with Crippen LogP contribution in [-0.2, 0) is 31.5 Å². The maximum Gasteiger partial charge on any atom is 0.307 e. The van der Waals surface area contributed by atoms with Gasteiger partial charge in [-0.05, 0) is 12.1 Å². The molecule has 0 aliphatic carbocycles. The molecule has 0 saturated carbocycles. The molecule has 2 aromatic rings. The van der Waals surface area contributed by atoms with Gasteiger partial charge >= 0.3 is 11.9 Å². The Morgan fingerprint density at radius 3 is 2.26 bits per heavy atom. The summed E-state index contributed by atoms with van der Waals surface area (Å²) >= 11 is 0. The molecule has 1 heterocycles. The van der Waals surface area contributed by atoms with Crippen molar-refractivity contribution in [2.45, 2.75) is 18.3 Å². The second kappa shape index (κ2) is 6.48. The van der Waals surface area contributed by atoms with Crippen molar-refractivity contribution in [2.75, 3.05) is 14.2 Å². The van der Waals surface area contributed by atoms with Crippen LogP contribution in [-0.4, -0.2) is 35.7 Å². The summed E-state index contributed by atoms with van der Waals surface area (Å²) in [6.45, 7) is 0. The molecule has 0 spiro atoms. The van der Waals surface area contributed by atoms with E-state index in [4.69, 9.17) is 0 Å². The molecule has 0 radical (unpaired) electrons. The third kappa shape index (κ3) is 3.01. The Bertz CT molecular complexity index is 770. The predicted octanol–water partition coefficient (Wildman–Crippen LogP) is 1.46. The van der Waals surface area contributed by atoms with Gasteiger partial charge in [0.15, 0.2) is 0 Å². The summed E-state index contributed by atoms with van der Waals surface area (Å²) in [4.78, 5) is 28.0. The third-order valence-electron chi connectivity index (χ3n) is 3.78. The molecular formula is C16H17N3O4. The maximum atomic E-state index is 11.8. The van der Waals surface area contributed by atoms with Crippen molar-refractivity contribution < 1.29 is 19.1 Å². The highest BCUT2D eigenvalue weighted by molar-refractivity contribution is 5.80. The molecule has 1 aromatic carbocycles. The molecule has 0 atom stereocenters. The van der Waals surface area contributed by atoms with E-state index in [1.54, 1.807) is 17.7 Å². The zero-order valence-electron chi connectivity index (χ0n) is 13.2. The second-order valence-corrected chi connectivity index (χ2v) is 5.18. The van der Waals surface area contributed by atoms with Crippen LogP contribution in [0.4, 0.5) is 0 Å². The Hall–Kier alpha value is -2.88. The molecule has 0 unspecified atom stereocenters. The standard InChI is InChI=1S/C16H17N3O4/c1-19-12-7-5-4-6-11(12)18-15(19)16(10-17,8-13(20)22-2)9-14(21)23-3/h4-7H,8-9H2,1-3H3. The number of methoxy groups -OCH3 is 2. The van der Waals surface area contributed by atoms with Crippen molar-refractivity contribution in [1.82, 2.24) is 9.55 Å². The summed E-state index contributed by atoms with van der Waals surface area (Å²) < 4.78 is 11.1. The molecule has 7 nitrogen and oxygen atoms in total. The number of rotatable bonds is 5. The molecule has 0 amide bonds. The minimum Gasteiger partial charge on any atom is -0.469 e. The number of hydrogen-bond donors (Lipinski definition) is 0. The van der Waals surface area contributed by atoms with Gasteiger partial charge in [-0.1, -0.05) is 12.1 Å². The molecule has 0 bridgehead atoms. The molecule has 7 heteroatoms. The quantitative estimate of drug-likeness (QED) is 0.775. The lowest BCUT2D eigenvalue weighted by Gasteiger charge is -2.23. The fourth-order valence-electron chi connectivity index (χ4n) is 2.56. The van der Waals surface area contributed by atoms with Crippen LogP contribution in [0.15, 0.2) is 24.3 Å². The van der Waals surface area contributed by atoms with Crippen LogP contribution >= 0.6 is 0 Å². The third-order valence-corrected chi connectivity index (χ3v) is 3.78. The molecule has 2 rings (SSSR count). The van der Waals surface area contributed by atoms with Crippen molar-refractivity contribution in [2.24, 2.45) is 7.05 Å². The summed E-state index contributed by atoms with van der Waals surface area (Å²) in [5.74, 6) is -0.859. The number of aryl methyl sites for hydroxylation is 1. The SMILES string of the molecule is COC(=O)CC(C#N)(CC(=O)OC)c1nc2ccccc2n1C. The fourth-order valence-corrected chi connectivity index (χ4v) is 2.56. The lowest BCUT2D eigenvalue weighted by Crippen LogP contribution is -2.34. The van der Waals surface area contributed by atoms with Gasteiger partial charge in [-0.3, -0.25) is 9.59 Å². The lowest BCUT2D eigenvalue weighted by molar-refractivity contribution is -0.144. The van der Waals surface area contributed by atoms with Gasteiger partial charge in [0, 0.05) is 7.05 Å². The fraction of sp³-hybridized carbons (Fsp3) is 0.375. The van der Waals surface area contributed by atoms with Crippen molar-refractivity contribution in [3.05, 3.63) is 30.1 Å². The first-order chi connectivity index (χ1) is 11.0. The van der Waals surface area contributed by atoms with Crippen molar-refractivity contribution in [1.29, 1.82) is 5.26 Å². The number of esters is 2.